The van der Waals surface area contributed by atoms with Crippen LogP contribution in [0.25, 0.3) is 0 Å². The average molecular weight is 397 g/mol. The fourth-order valence-electron chi connectivity index (χ4n) is 2.76. The Morgan fingerprint density at radius 2 is 1.78 bits per heavy atom. The topological polar surface area (TPSA) is 105 Å². The van der Waals surface area contributed by atoms with Crippen molar-refractivity contribution in [2.24, 2.45) is 11.8 Å². The van der Waals surface area contributed by atoms with Gasteiger partial charge in [0, 0.05) is 31.2 Å². The van der Waals surface area contributed by atoms with Gasteiger partial charge in [0.15, 0.2) is 0 Å². The van der Waals surface area contributed by atoms with Gasteiger partial charge < -0.3 is 15.0 Å². The Balaban J connectivity index is 1.88. The van der Waals surface area contributed by atoms with Crippen LogP contribution in [0.2, 0.25) is 0 Å². The molecule has 0 saturated carbocycles. The smallest absolute Gasteiger partial charge is 0.409 e. The zero-order valence-corrected chi connectivity index (χ0v) is 16.7. The van der Waals surface area contributed by atoms with E-state index in [4.69, 9.17) is 4.74 Å². The maximum absolute atomic E-state index is 12.5. The molecule has 27 heavy (non-hydrogen) atoms. The first kappa shape index (κ1) is 21.2. The zero-order chi connectivity index (χ0) is 20.0. The number of sulfonamides is 1. The number of hydrogen-bond acceptors (Lipinski definition) is 5. The van der Waals surface area contributed by atoms with Gasteiger partial charge in [-0.05, 0) is 43.0 Å². The number of amides is 2. The molecule has 1 aromatic carbocycles. The van der Waals surface area contributed by atoms with Gasteiger partial charge in [-0.25, -0.2) is 17.9 Å². The Hall–Kier alpha value is -2.13. The zero-order valence-electron chi connectivity index (χ0n) is 15.9. The maximum Gasteiger partial charge on any atom is 0.409 e. The van der Waals surface area contributed by atoms with Crippen LogP contribution in [0, 0.1) is 11.8 Å². The Labute approximate surface area is 160 Å². The lowest BCUT2D eigenvalue weighted by Crippen LogP contribution is -2.41. The fraction of sp³-hybridized carbons (Fsp3) is 0.556. The summed E-state index contributed by atoms with van der Waals surface area (Å²) < 4.78 is 32.2. The monoisotopic (exact) mass is 397 g/mol. The molecule has 0 bridgehead atoms. The van der Waals surface area contributed by atoms with Crippen molar-refractivity contribution in [1.29, 1.82) is 0 Å². The van der Waals surface area contributed by atoms with E-state index in [1.54, 1.807) is 30.9 Å². The van der Waals surface area contributed by atoms with E-state index in [1.807, 2.05) is 0 Å². The second-order valence-electron chi connectivity index (χ2n) is 6.92. The lowest BCUT2D eigenvalue weighted by molar-refractivity contribution is -0.118. The lowest BCUT2D eigenvalue weighted by Gasteiger charge is -2.30. The molecular weight excluding hydrogens is 370 g/mol. The van der Waals surface area contributed by atoms with Crippen molar-refractivity contribution in [3.63, 3.8) is 0 Å². The summed E-state index contributed by atoms with van der Waals surface area (Å²) in [5, 5.41) is 2.73. The second kappa shape index (κ2) is 9.18. The molecule has 9 heteroatoms. The minimum atomic E-state index is -3.62. The first-order valence-electron chi connectivity index (χ1n) is 8.96. The Kier molecular flexibility index (Phi) is 7.20. The van der Waals surface area contributed by atoms with Gasteiger partial charge in [0.2, 0.25) is 15.9 Å². The molecule has 0 spiro atoms. The van der Waals surface area contributed by atoms with E-state index >= 15 is 0 Å². The van der Waals surface area contributed by atoms with Crippen molar-refractivity contribution in [2.75, 3.05) is 32.1 Å². The Morgan fingerprint density at radius 3 is 2.30 bits per heavy atom. The highest BCUT2D eigenvalue weighted by Crippen LogP contribution is 2.19. The molecule has 0 radical (unpaired) electrons. The van der Waals surface area contributed by atoms with E-state index in [9.17, 15) is 18.0 Å². The molecule has 1 aromatic rings. The summed E-state index contributed by atoms with van der Waals surface area (Å²) in [5.41, 5.74) is 0.558. The molecule has 2 amide bonds. The highest BCUT2D eigenvalue weighted by atomic mass is 32.2. The molecule has 1 aliphatic rings. The lowest BCUT2D eigenvalue weighted by atomic mass is 9.97. The van der Waals surface area contributed by atoms with E-state index in [-0.39, 0.29) is 28.7 Å². The van der Waals surface area contributed by atoms with Crippen molar-refractivity contribution in [3.05, 3.63) is 24.3 Å². The number of anilines is 1. The average Bonchev–Trinajstić information content (AvgIpc) is 2.66. The molecular formula is C18H27N3O5S. The minimum absolute atomic E-state index is 0.123. The van der Waals surface area contributed by atoms with Crippen LogP contribution in [0.15, 0.2) is 29.2 Å². The summed E-state index contributed by atoms with van der Waals surface area (Å²) in [6, 6.07) is 6.09. The first-order chi connectivity index (χ1) is 12.7. The molecule has 1 fully saturated rings. The molecule has 1 aliphatic heterocycles. The molecule has 8 nitrogen and oxygen atoms in total. The van der Waals surface area contributed by atoms with Crippen molar-refractivity contribution in [2.45, 2.75) is 31.6 Å². The summed E-state index contributed by atoms with van der Waals surface area (Å²) in [4.78, 5) is 24.9. The summed E-state index contributed by atoms with van der Waals surface area (Å²) >= 11 is 0. The van der Waals surface area contributed by atoms with Crippen LogP contribution in [0.3, 0.4) is 0 Å². The highest BCUT2D eigenvalue weighted by Gasteiger charge is 2.24. The molecule has 2 N–H and O–H groups in total. The van der Waals surface area contributed by atoms with Crippen LogP contribution in [0.4, 0.5) is 10.5 Å². The number of carbonyl (C=O) groups is 2. The number of nitrogens with zero attached hydrogens (tertiary/aromatic N) is 1. The van der Waals surface area contributed by atoms with Gasteiger partial charge in [0.25, 0.3) is 0 Å². The van der Waals surface area contributed by atoms with Crippen LogP contribution in [-0.4, -0.2) is 52.1 Å². The maximum atomic E-state index is 12.5. The van der Waals surface area contributed by atoms with Crippen LogP contribution in [0.5, 0.6) is 0 Å². The molecule has 1 saturated heterocycles. The standard InChI is InChI=1S/C18H27N3O5S/c1-13(2)17(22)20-15-4-6-16(7-5-15)27(24,25)19-12-14-8-10-21(11-9-14)18(23)26-3/h4-7,13-14,19H,8-12H2,1-3H3,(H,20,22). The third-order valence-electron chi connectivity index (χ3n) is 4.57. The largest absolute Gasteiger partial charge is 0.453 e. The highest BCUT2D eigenvalue weighted by molar-refractivity contribution is 7.89. The predicted octanol–water partition coefficient (Wildman–Crippen LogP) is 2.04. The Morgan fingerprint density at radius 1 is 1.19 bits per heavy atom. The number of rotatable bonds is 6. The van der Waals surface area contributed by atoms with E-state index < -0.39 is 10.0 Å². The van der Waals surface area contributed by atoms with Crippen LogP contribution >= 0.6 is 0 Å². The van der Waals surface area contributed by atoms with E-state index in [0.717, 1.165) is 12.8 Å². The van der Waals surface area contributed by atoms with Gasteiger partial charge in [-0.15, -0.1) is 0 Å². The fourth-order valence-corrected chi connectivity index (χ4v) is 3.88. The van der Waals surface area contributed by atoms with Crippen LogP contribution in [-0.2, 0) is 19.6 Å². The molecule has 0 atom stereocenters. The number of methoxy groups -OCH3 is 1. The van der Waals surface area contributed by atoms with Crippen molar-refractivity contribution in [1.82, 2.24) is 9.62 Å². The predicted molar refractivity (Wildman–Crippen MR) is 102 cm³/mol. The third-order valence-corrected chi connectivity index (χ3v) is 6.01. The number of piperidine rings is 1. The number of hydrogen-bond donors (Lipinski definition) is 2. The quantitative estimate of drug-likeness (QED) is 0.764. The van der Waals surface area contributed by atoms with Crippen molar-refractivity contribution < 1.29 is 22.7 Å². The minimum Gasteiger partial charge on any atom is -0.453 e. The van der Waals surface area contributed by atoms with Gasteiger partial charge in [-0.2, -0.15) is 0 Å². The van der Waals surface area contributed by atoms with Gasteiger partial charge >= 0.3 is 6.09 Å². The van der Waals surface area contributed by atoms with Crippen LogP contribution < -0.4 is 10.0 Å². The second-order valence-corrected chi connectivity index (χ2v) is 8.69. The van der Waals surface area contributed by atoms with E-state index in [0.29, 0.717) is 25.3 Å². The van der Waals surface area contributed by atoms with Gasteiger partial charge in [0.05, 0.1) is 12.0 Å². The van der Waals surface area contributed by atoms with Gasteiger partial charge in [-0.1, -0.05) is 13.8 Å². The number of ether oxygens (including phenoxy) is 1. The number of benzene rings is 1. The van der Waals surface area contributed by atoms with Gasteiger partial charge in [-0.3, -0.25) is 4.79 Å². The molecule has 2 rings (SSSR count). The normalized spacial score (nSPS) is 15.6. The van der Waals surface area contributed by atoms with E-state index in [2.05, 4.69) is 10.0 Å². The van der Waals surface area contributed by atoms with Crippen molar-refractivity contribution in [3.8, 4) is 0 Å². The third kappa shape index (κ3) is 5.93. The molecule has 1 heterocycles. The molecule has 150 valence electrons. The van der Waals surface area contributed by atoms with Gasteiger partial charge in [0.1, 0.15) is 0 Å². The summed E-state index contributed by atoms with van der Waals surface area (Å²) in [5.74, 6) is -0.104. The Bertz CT molecular complexity index is 754. The molecule has 0 aliphatic carbocycles. The molecule has 0 unspecified atom stereocenters. The molecule has 0 aromatic heterocycles. The number of carbonyl (C=O) groups excluding carboxylic acids is 2. The summed E-state index contributed by atoms with van der Waals surface area (Å²) in [6.07, 6.45) is 1.09. The van der Waals surface area contributed by atoms with Crippen LogP contribution in [0.1, 0.15) is 26.7 Å². The summed E-state index contributed by atoms with van der Waals surface area (Å²) in [7, 11) is -2.27. The first-order valence-corrected chi connectivity index (χ1v) is 10.4. The van der Waals surface area contributed by atoms with Crippen molar-refractivity contribution >= 4 is 27.7 Å². The number of likely N-dealkylation sites (tertiary alicyclic amines) is 1. The SMILES string of the molecule is COC(=O)N1CCC(CNS(=O)(=O)c2ccc(NC(=O)C(C)C)cc2)CC1. The van der Waals surface area contributed by atoms with E-state index in [1.165, 1.54) is 19.2 Å². The summed E-state index contributed by atoms with van der Waals surface area (Å²) in [6.45, 7) is 5.01. The number of nitrogens with one attached hydrogen (secondary N) is 2.